The van der Waals surface area contributed by atoms with Crippen molar-refractivity contribution in [3.8, 4) is 0 Å². The number of alkyl halides is 1. The zero-order valence-corrected chi connectivity index (χ0v) is 10.5. The molecule has 1 aromatic heterocycles. The van der Waals surface area contributed by atoms with Crippen LogP contribution in [0.2, 0.25) is 0 Å². The molecule has 0 aromatic carbocycles. The van der Waals surface area contributed by atoms with E-state index < -0.39 is 0 Å². The largest absolute Gasteiger partial charge is 0.377 e. The molecule has 6 heteroatoms. The van der Waals surface area contributed by atoms with E-state index in [0.29, 0.717) is 25.4 Å². The Labute approximate surface area is 105 Å². The number of hydrogen-bond donors (Lipinski definition) is 0. The Morgan fingerprint density at radius 1 is 1.59 bits per heavy atom. The second-order valence-corrected chi connectivity index (χ2v) is 4.47. The fourth-order valence-corrected chi connectivity index (χ4v) is 2.34. The number of halogens is 1. The first-order valence-corrected chi connectivity index (χ1v) is 6.13. The number of amides is 1. The minimum Gasteiger partial charge on any atom is -0.377 e. The van der Waals surface area contributed by atoms with Gasteiger partial charge in [0.2, 0.25) is 5.91 Å². The Hall–Kier alpha value is -1.07. The van der Waals surface area contributed by atoms with Crippen LogP contribution < -0.4 is 0 Å². The van der Waals surface area contributed by atoms with E-state index >= 15 is 0 Å². The number of rotatable bonds is 4. The zero-order chi connectivity index (χ0) is 12.3. The van der Waals surface area contributed by atoms with E-state index in [9.17, 15) is 4.79 Å². The minimum atomic E-state index is 0.0171. The standard InChI is InChI=1S/C11H16ClN3O2/c1-17-10-7-15(11(16)2-3-12)6-9(10)14-5-4-13-8-14/h4-5,8-10H,2-3,6-7H2,1H3. The zero-order valence-electron chi connectivity index (χ0n) is 9.75. The topological polar surface area (TPSA) is 47.4 Å². The molecule has 1 fully saturated rings. The summed E-state index contributed by atoms with van der Waals surface area (Å²) < 4.78 is 7.42. The molecule has 0 N–H and O–H groups in total. The van der Waals surface area contributed by atoms with E-state index in [1.807, 2.05) is 10.8 Å². The van der Waals surface area contributed by atoms with Gasteiger partial charge in [0.05, 0.1) is 18.5 Å². The van der Waals surface area contributed by atoms with Crippen molar-refractivity contribution < 1.29 is 9.53 Å². The molecule has 1 aliphatic rings. The third-order valence-electron chi connectivity index (χ3n) is 3.11. The number of hydrogen-bond acceptors (Lipinski definition) is 3. The first kappa shape index (κ1) is 12.4. The van der Waals surface area contributed by atoms with Gasteiger partial charge in [-0.05, 0) is 0 Å². The molecule has 0 saturated carbocycles. The van der Waals surface area contributed by atoms with Gasteiger partial charge in [0.25, 0.3) is 0 Å². The highest BCUT2D eigenvalue weighted by Gasteiger charge is 2.35. The van der Waals surface area contributed by atoms with Crippen LogP contribution in [0.1, 0.15) is 12.5 Å². The van der Waals surface area contributed by atoms with Gasteiger partial charge >= 0.3 is 0 Å². The van der Waals surface area contributed by atoms with Gasteiger partial charge in [0.15, 0.2) is 0 Å². The maximum Gasteiger partial charge on any atom is 0.223 e. The van der Waals surface area contributed by atoms with Crippen molar-refractivity contribution in [2.24, 2.45) is 0 Å². The molecule has 94 valence electrons. The van der Waals surface area contributed by atoms with Crippen molar-refractivity contribution in [3.63, 3.8) is 0 Å². The number of nitrogens with zero attached hydrogens (tertiary/aromatic N) is 3. The fraction of sp³-hybridized carbons (Fsp3) is 0.636. The van der Waals surface area contributed by atoms with E-state index in [1.54, 1.807) is 24.5 Å². The SMILES string of the molecule is COC1CN(C(=O)CCCl)CC1n1ccnc1. The van der Waals surface area contributed by atoms with Crippen LogP contribution >= 0.6 is 11.6 Å². The lowest BCUT2D eigenvalue weighted by molar-refractivity contribution is -0.130. The van der Waals surface area contributed by atoms with E-state index in [4.69, 9.17) is 16.3 Å². The number of imidazole rings is 1. The molecular formula is C11H16ClN3O2. The lowest BCUT2D eigenvalue weighted by Crippen LogP contribution is -2.29. The van der Waals surface area contributed by atoms with Crippen molar-refractivity contribution in [3.05, 3.63) is 18.7 Å². The number of likely N-dealkylation sites (tertiary alicyclic amines) is 1. The molecule has 2 unspecified atom stereocenters. The Morgan fingerprint density at radius 3 is 3.00 bits per heavy atom. The second kappa shape index (κ2) is 5.51. The lowest BCUT2D eigenvalue weighted by Gasteiger charge is -2.17. The molecule has 0 radical (unpaired) electrons. The maximum absolute atomic E-state index is 11.8. The van der Waals surface area contributed by atoms with Crippen LogP contribution in [0, 0.1) is 0 Å². The second-order valence-electron chi connectivity index (χ2n) is 4.09. The van der Waals surface area contributed by atoms with Gasteiger partial charge in [0, 0.05) is 44.9 Å². The average Bonchev–Trinajstić information content (AvgIpc) is 2.97. The number of ether oxygens (including phenoxy) is 1. The van der Waals surface area contributed by atoms with Crippen LogP contribution in [-0.2, 0) is 9.53 Å². The Kier molecular flexibility index (Phi) is 4.02. The maximum atomic E-state index is 11.8. The highest BCUT2D eigenvalue weighted by molar-refractivity contribution is 6.18. The van der Waals surface area contributed by atoms with E-state index in [0.717, 1.165) is 0 Å². The van der Waals surface area contributed by atoms with Gasteiger partial charge < -0.3 is 14.2 Å². The molecule has 2 atom stereocenters. The molecule has 17 heavy (non-hydrogen) atoms. The molecule has 1 saturated heterocycles. The first-order valence-electron chi connectivity index (χ1n) is 5.60. The molecule has 0 spiro atoms. The van der Waals surface area contributed by atoms with Crippen LogP contribution in [0.15, 0.2) is 18.7 Å². The van der Waals surface area contributed by atoms with Crippen LogP contribution in [-0.4, -0.2) is 52.5 Å². The highest BCUT2D eigenvalue weighted by Crippen LogP contribution is 2.24. The summed E-state index contributed by atoms with van der Waals surface area (Å²) in [5, 5.41) is 0. The van der Waals surface area contributed by atoms with Crippen LogP contribution in [0.4, 0.5) is 0 Å². The van der Waals surface area contributed by atoms with Gasteiger partial charge in [-0.3, -0.25) is 4.79 Å². The van der Waals surface area contributed by atoms with Crippen molar-refractivity contribution in [2.45, 2.75) is 18.6 Å². The quantitative estimate of drug-likeness (QED) is 0.754. The number of methoxy groups -OCH3 is 1. The van der Waals surface area contributed by atoms with Gasteiger partial charge in [-0.2, -0.15) is 0 Å². The monoisotopic (exact) mass is 257 g/mol. The molecule has 0 aliphatic carbocycles. The summed E-state index contributed by atoms with van der Waals surface area (Å²) >= 11 is 5.59. The summed E-state index contributed by atoms with van der Waals surface area (Å²) in [5.74, 6) is 0.451. The van der Waals surface area contributed by atoms with E-state index in [-0.39, 0.29) is 18.1 Å². The van der Waals surface area contributed by atoms with E-state index in [1.165, 1.54) is 0 Å². The Bertz CT molecular complexity index is 369. The molecule has 0 bridgehead atoms. The van der Waals surface area contributed by atoms with Crippen molar-refractivity contribution in [1.82, 2.24) is 14.5 Å². The van der Waals surface area contributed by atoms with Crippen molar-refractivity contribution >= 4 is 17.5 Å². The average molecular weight is 258 g/mol. The summed E-state index contributed by atoms with van der Waals surface area (Å²) in [6.45, 7) is 1.28. The molecule has 2 heterocycles. The molecule has 5 nitrogen and oxygen atoms in total. The van der Waals surface area contributed by atoms with E-state index in [2.05, 4.69) is 4.98 Å². The summed E-state index contributed by atoms with van der Waals surface area (Å²) in [7, 11) is 1.67. The predicted molar refractivity (Wildman–Crippen MR) is 64.0 cm³/mol. The summed E-state index contributed by atoms with van der Waals surface area (Å²) in [6, 6.07) is 0.141. The van der Waals surface area contributed by atoms with Gasteiger partial charge in [-0.1, -0.05) is 0 Å². The van der Waals surface area contributed by atoms with Crippen molar-refractivity contribution in [1.29, 1.82) is 0 Å². The molecule has 1 amide bonds. The first-order chi connectivity index (χ1) is 8.26. The highest BCUT2D eigenvalue weighted by atomic mass is 35.5. The molecule has 1 aromatic rings. The van der Waals surface area contributed by atoms with Gasteiger partial charge in [-0.15, -0.1) is 11.6 Å². The third kappa shape index (κ3) is 2.61. The minimum absolute atomic E-state index is 0.0171. The normalized spacial score (nSPS) is 24.2. The third-order valence-corrected chi connectivity index (χ3v) is 3.30. The van der Waals surface area contributed by atoms with Crippen LogP contribution in [0.3, 0.4) is 0 Å². The molecule has 2 rings (SSSR count). The fourth-order valence-electron chi connectivity index (χ4n) is 2.18. The Balaban J connectivity index is 2.06. The summed E-state index contributed by atoms with van der Waals surface area (Å²) in [6.07, 6.45) is 5.78. The smallest absolute Gasteiger partial charge is 0.223 e. The molecular weight excluding hydrogens is 242 g/mol. The number of aromatic nitrogens is 2. The number of carbonyl (C=O) groups is 1. The van der Waals surface area contributed by atoms with Gasteiger partial charge in [-0.25, -0.2) is 4.98 Å². The van der Waals surface area contributed by atoms with Crippen LogP contribution in [0.25, 0.3) is 0 Å². The molecule has 1 aliphatic heterocycles. The van der Waals surface area contributed by atoms with Crippen LogP contribution in [0.5, 0.6) is 0 Å². The number of carbonyl (C=O) groups excluding carboxylic acids is 1. The summed E-state index contributed by atoms with van der Waals surface area (Å²) in [4.78, 5) is 17.6. The van der Waals surface area contributed by atoms with Crippen molar-refractivity contribution in [2.75, 3.05) is 26.1 Å². The Morgan fingerprint density at radius 2 is 2.41 bits per heavy atom. The van der Waals surface area contributed by atoms with Gasteiger partial charge in [0.1, 0.15) is 0 Å². The lowest BCUT2D eigenvalue weighted by atomic mass is 10.2. The predicted octanol–water partition coefficient (Wildman–Crippen LogP) is 0.910. The summed E-state index contributed by atoms with van der Waals surface area (Å²) in [5.41, 5.74) is 0.